The lowest BCUT2D eigenvalue weighted by atomic mass is 10.1. The van der Waals surface area contributed by atoms with Crippen molar-refractivity contribution in [2.24, 2.45) is 5.92 Å². The molecule has 0 saturated heterocycles. The first kappa shape index (κ1) is 12.5. The van der Waals surface area contributed by atoms with Crippen molar-refractivity contribution in [3.63, 3.8) is 0 Å². The Morgan fingerprint density at radius 3 is 2.44 bits per heavy atom. The first-order valence-electron chi connectivity index (χ1n) is 5.33. The maximum Gasteiger partial charge on any atom is 0.273 e. The Morgan fingerprint density at radius 2 is 1.94 bits per heavy atom. The zero-order valence-corrected chi connectivity index (χ0v) is 10.1. The van der Waals surface area contributed by atoms with E-state index in [1.807, 2.05) is 13.8 Å². The highest BCUT2D eigenvalue weighted by atomic mass is 16.6. The Kier molecular flexibility index (Phi) is 3.88. The average Bonchev–Trinajstić information content (AvgIpc) is 2.20. The lowest BCUT2D eigenvalue weighted by Crippen LogP contribution is -2.19. The molecule has 0 heterocycles. The van der Waals surface area contributed by atoms with Crippen molar-refractivity contribution >= 4 is 5.69 Å². The van der Waals surface area contributed by atoms with Gasteiger partial charge in [0.25, 0.3) is 5.69 Å². The van der Waals surface area contributed by atoms with Crippen LogP contribution in [0.4, 0.5) is 5.69 Å². The quantitative estimate of drug-likeness (QED) is 0.581. The molecule has 0 N–H and O–H groups in total. The van der Waals surface area contributed by atoms with Crippen LogP contribution in [-0.2, 0) is 0 Å². The zero-order chi connectivity index (χ0) is 12.3. The van der Waals surface area contributed by atoms with Crippen molar-refractivity contribution in [3.05, 3.63) is 33.9 Å². The minimum absolute atomic E-state index is 0.0423. The zero-order valence-electron chi connectivity index (χ0n) is 10.1. The number of hydrogen-bond acceptors (Lipinski definition) is 3. The summed E-state index contributed by atoms with van der Waals surface area (Å²) in [7, 11) is 0. The molecule has 0 saturated carbocycles. The van der Waals surface area contributed by atoms with E-state index in [4.69, 9.17) is 4.74 Å². The van der Waals surface area contributed by atoms with Crippen LogP contribution in [-0.4, -0.2) is 11.0 Å². The van der Waals surface area contributed by atoms with E-state index in [-0.39, 0.29) is 11.8 Å². The second-order valence-corrected chi connectivity index (χ2v) is 4.27. The van der Waals surface area contributed by atoms with E-state index in [0.29, 0.717) is 11.7 Å². The van der Waals surface area contributed by atoms with Gasteiger partial charge in [0.05, 0.1) is 17.1 Å². The van der Waals surface area contributed by atoms with E-state index in [2.05, 4.69) is 13.8 Å². The van der Waals surface area contributed by atoms with Crippen molar-refractivity contribution in [2.45, 2.75) is 33.8 Å². The number of hydrogen-bond donors (Lipinski definition) is 0. The Morgan fingerprint density at radius 1 is 1.31 bits per heavy atom. The van der Waals surface area contributed by atoms with Crippen LogP contribution in [0.2, 0.25) is 0 Å². The third-order valence-electron chi connectivity index (χ3n) is 2.63. The molecule has 0 radical (unpaired) electrons. The fourth-order valence-electron chi connectivity index (χ4n) is 1.17. The molecular formula is C12H17NO3. The average molecular weight is 223 g/mol. The molecule has 0 aromatic heterocycles. The first-order valence-corrected chi connectivity index (χ1v) is 5.33. The summed E-state index contributed by atoms with van der Waals surface area (Å²) in [6, 6.07) is 4.68. The van der Waals surface area contributed by atoms with Gasteiger partial charge in [0.15, 0.2) is 0 Å². The molecule has 16 heavy (non-hydrogen) atoms. The summed E-state index contributed by atoms with van der Waals surface area (Å²) in [6.07, 6.45) is 0.0423. The first-order chi connectivity index (χ1) is 7.41. The number of rotatable bonds is 4. The summed E-state index contributed by atoms with van der Waals surface area (Å²) >= 11 is 0. The molecule has 1 rings (SSSR count). The van der Waals surface area contributed by atoms with Gasteiger partial charge in [-0.05, 0) is 31.4 Å². The monoisotopic (exact) mass is 223 g/mol. The molecule has 1 atom stereocenters. The molecule has 0 fully saturated rings. The summed E-state index contributed by atoms with van der Waals surface area (Å²) in [5, 5.41) is 10.6. The Balaban J connectivity index is 2.94. The van der Waals surface area contributed by atoms with Crippen LogP contribution >= 0.6 is 0 Å². The highest BCUT2D eigenvalue weighted by Crippen LogP contribution is 2.26. The van der Waals surface area contributed by atoms with E-state index in [1.54, 1.807) is 6.07 Å². The second kappa shape index (κ2) is 4.96. The second-order valence-electron chi connectivity index (χ2n) is 4.27. The van der Waals surface area contributed by atoms with Crippen molar-refractivity contribution in [3.8, 4) is 5.75 Å². The largest absolute Gasteiger partial charge is 0.490 e. The minimum atomic E-state index is -0.410. The normalized spacial score (nSPS) is 12.6. The molecule has 4 nitrogen and oxygen atoms in total. The third-order valence-corrected chi connectivity index (χ3v) is 2.63. The topological polar surface area (TPSA) is 52.4 Å². The maximum absolute atomic E-state index is 10.6. The van der Waals surface area contributed by atoms with E-state index >= 15 is 0 Å². The number of benzene rings is 1. The van der Waals surface area contributed by atoms with Crippen molar-refractivity contribution in [1.82, 2.24) is 0 Å². The van der Waals surface area contributed by atoms with Gasteiger partial charge >= 0.3 is 0 Å². The predicted octanol–water partition coefficient (Wildman–Crippen LogP) is 3.33. The van der Waals surface area contributed by atoms with Gasteiger partial charge in [-0.1, -0.05) is 13.8 Å². The number of nitro groups is 1. The number of non-ortho nitro benzene ring substituents is 1. The van der Waals surface area contributed by atoms with E-state index in [9.17, 15) is 10.1 Å². The highest BCUT2D eigenvalue weighted by molar-refractivity contribution is 5.43. The van der Waals surface area contributed by atoms with E-state index in [0.717, 1.165) is 5.56 Å². The van der Waals surface area contributed by atoms with Crippen LogP contribution in [0.1, 0.15) is 26.3 Å². The number of ether oxygens (including phenoxy) is 1. The standard InChI is InChI=1S/C12H17NO3/c1-8(2)10(4)16-12-7-11(13(14)15)6-5-9(12)3/h5-8,10H,1-4H3. The minimum Gasteiger partial charge on any atom is -0.490 e. The Bertz CT molecular complexity index is 388. The van der Waals surface area contributed by atoms with Gasteiger partial charge < -0.3 is 4.74 Å². The molecule has 1 aromatic carbocycles. The SMILES string of the molecule is Cc1ccc([N+](=O)[O-])cc1OC(C)C(C)C. The van der Waals surface area contributed by atoms with Crippen molar-refractivity contribution in [1.29, 1.82) is 0 Å². The van der Waals surface area contributed by atoms with Gasteiger partial charge in [-0.2, -0.15) is 0 Å². The molecule has 4 heteroatoms. The Hall–Kier alpha value is -1.58. The van der Waals surface area contributed by atoms with Crippen LogP contribution < -0.4 is 4.74 Å². The lowest BCUT2D eigenvalue weighted by molar-refractivity contribution is -0.385. The van der Waals surface area contributed by atoms with Crippen LogP contribution in [0.5, 0.6) is 5.75 Å². The van der Waals surface area contributed by atoms with Crippen LogP contribution in [0.15, 0.2) is 18.2 Å². The van der Waals surface area contributed by atoms with Gasteiger partial charge in [-0.25, -0.2) is 0 Å². The van der Waals surface area contributed by atoms with Gasteiger partial charge in [0.2, 0.25) is 0 Å². The predicted molar refractivity (Wildman–Crippen MR) is 62.8 cm³/mol. The highest BCUT2D eigenvalue weighted by Gasteiger charge is 2.13. The van der Waals surface area contributed by atoms with Gasteiger partial charge in [0.1, 0.15) is 5.75 Å². The summed E-state index contributed by atoms with van der Waals surface area (Å²) in [4.78, 5) is 10.2. The summed E-state index contributed by atoms with van der Waals surface area (Å²) in [5.74, 6) is 0.967. The van der Waals surface area contributed by atoms with Crippen molar-refractivity contribution < 1.29 is 9.66 Å². The van der Waals surface area contributed by atoms with E-state index < -0.39 is 4.92 Å². The molecule has 0 aliphatic heterocycles. The van der Waals surface area contributed by atoms with Crippen LogP contribution in [0, 0.1) is 23.0 Å². The Labute approximate surface area is 95.4 Å². The third kappa shape index (κ3) is 2.95. The van der Waals surface area contributed by atoms with Gasteiger partial charge in [-0.15, -0.1) is 0 Å². The molecule has 1 unspecified atom stereocenters. The van der Waals surface area contributed by atoms with E-state index in [1.165, 1.54) is 12.1 Å². The molecule has 0 amide bonds. The number of nitrogens with zero attached hydrogens (tertiary/aromatic N) is 1. The van der Waals surface area contributed by atoms with Crippen LogP contribution in [0.25, 0.3) is 0 Å². The molecule has 0 aliphatic rings. The van der Waals surface area contributed by atoms with Crippen molar-refractivity contribution in [2.75, 3.05) is 0 Å². The lowest BCUT2D eigenvalue weighted by Gasteiger charge is -2.19. The fourth-order valence-corrected chi connectivity index (χ4v) is 1.17. The summed E-state index contributed by atoms with van der Waals surface area (Å²) in [5.41, 5.74) is 0.981. The van der Waals surface area contributed by atoms with Gasteiger partial charge in [-0.3, -0.25) is 10.1 Å². The summed E-state index contributed by atoms with van der Waals surface area (Å²) < 4.78 is 5.69. The molecule has 0 bridgehead atoms. The molecule has 0 spiro atoms. The molecule has 1 aromatic rings. The number of nitro benzene ring substituents is 1. The fraction of sp³-hybridized carbons (Fsp3) is 0.500. The molecule has 88 valence electrons. The van der Waals surface area contributed by atoms with Gasteiger partial charge in [0, 0.05) is 6.07 Å². The number of aryl methyl sites for hydroxylation is 1. The van der Waals surface area contributed by atoms with Crippen LogP contribution in [0.3, 0.4) is 0 Å². The smallest absolute Gasteiger partial charge is 0.273 e. The molecule has 0 aliphatic carbocycles. The molecular weight excluding hydrogens is 206 g/mol. The maximum atomic E-state index is 10.6. The summed E-state index contributed by atoms with van der Waals surface area (Å²) in [6.45, 7) is 7.95.